The van der Waals surface area contributed by atoms with E-state index in [4.69, 9.17) is 4.74 Å². The molecule has 4 nitrogen and oxygen atoms in total. The van der Waals surface area contributed by atoms with Gasteiger partial charge in [0.05, 0.1) is 19.8 Å². The first-order chi connectivity index (χ1) is 12.9. The molecule has 0 radical (unpaired) electrons. The minimum absolute atomic E-state index is 0.00572. The number of nitrogens with one attached hydrogen (secondary N) is 1. The maximum Gasteiger partial charge on any atom is 0.238 e. The van der Waals surface area contributed by atoms with Crippen LogP contribution in [0.3, 0.4) is 0 Å². The number of nitrogens with zero attached hydrogens (tertiary/aromatic N) is 1. The number of hydrogen-bond donors (Lipinski definition) is 1. The van der Waals surface area contributed by atoms with E-state index in [1.54, 1.807) is 0 Å². The van der Waals surface area contributed by atoms with Gasteiger partial charge in [-0.2, -0.15) is 0 Å². The van der Waals surface area contributed by atoms with E-state index < -0.39 is 11.6 Å². The lowest BCUT2D eigenvalue weighted by Gasteiger charge is -2.26. The number of benzene rings is 2. The van der Waals surface area contributed by atoms with Crippen LogP contribution in [0.4, 0.5) is 14.5 Å². The minimum Gasteiger partial charge on any atom is -0.379 e. The average Bonchev–Trinajstić information content (AvgIpc) is 2.62. The molecule has 3 rings (SSSR count). The van der Waals surface area contributed by atoms with E-state index in [9.17, 15) is 13.6 Å². The number of carbonyl (C=O) groups excluding carboxylic acids is 1. The second-order valence-electron chi connectivity index (χ2n) is 6.93. The number of rotatable bonds is 5. The van der Waals surface area contributed by atoms with Crippen molar-refractivity contribution >= 4 is 11.6 Å². The summed E-state index contributed by atoms with van der Waals surface area (Å²) in [6.07, 6.45) is 0.0776. The summed E-state index contributed by atoms with van der Waals surface area (Å²) >= 11 is 0. The molecule has 1 aliphatic heterocycles. The number of morpholine rings is 1. The van der Waals surface area contributed by atoms with Gasteiger partial charge in [0.1, 0.15) is 11.6 Å². The summed E-state index contributed by atoms with van der Waals surface area (Å²) in [6, 6.07) is 7.66. The van der Waals surface area contributed by atoms with Crippen LogP contribution >= 0.6 is 0 Å². The Labute approximate surface area is 158 Å². The smallest absolute Gasteiger partial charge is 0.238 e. The van der Waals surface area contributed by atoms with Crippen molar-refractivity contribution in [2.75, 3.05) is 38.2 Å². The van der Waals surface area contributed by atoms with Crippen molar-refractivity contribution in [1.29, 1.82) is 0 Å². The van der Waals surface area contributed by atoms with Crippen LogP contribution in [0.25, 0.3) is 0 Å². The van der Waals surface area contributed by atoms with E-state index in [1.165, 1.54) is 18.2 Å². The largest absolute Gasteiger partial charge is 0.379 e. The van der Waals surface area contributed by atoms with Crippen LogP contribution in [0.2, 0.25) is 0 Å². The van der Waals surface area contributed by atoms with Gasteiger partial charge in [0.2, 0.25) is 5.91 Å². The zero-order valence-corrected chi connectivity index (χ0v) is 15.6. The van der Waals surface area contributed by atoms with Crippen molar-refractivity contribution in [3.8, 4) is 0 Å². The SMILES string of the molecule is Cc1cc(C)c(NC(=O)CN2CCOCC2)c(Cc2c(F)cccc2F)c1. The molecule has 0 aromatic heterocycles. The predicted molar refractivity (Wildman–Crippen MR) is 101 cm³/mol. The Morgan fingerprint density at radius 1 is 1.15 bits per heavy atom. The summed E-state index contributed by atoms with van der Waals surface area (Å²) < 4.78 is 33.5. The monoisotopic (exact) mass is 374 g/mol. The maximum atomic E-state index is 14.1. The second kappa shape index (κ2) is 8.59. The van der Waals surface area contributed by atoms with Gasteiger partial charge >= 0.3 is 0 Å². The Morgan fingerprint density at radius 3 is 2.48 bits per heavy atom. The van der Waals surface area contributed by atoms with Crippen LogP contribution in [0.1, 0.15) is 22.3 Å². The van der Waals surface area contributed by atoms with E-state index in [-0.39, 0.29) is 24.4 Å². The highest BCUT2D eigenvalue weighted by molar-refractivity contribution is 5.94. The molecule has 1 amide bonds. The van der Waals surface area contributed by atoms with E-state index in [0.29, 0.717) is 37.6 Å². The number of amides is 1. The van der Waals surface area contributed by atoms with Crippen LogP contribution in [-0.2, 0) is 16.0 Å². The van der Waals surface area contributed by atoms with Gasteiger partial charge in [-0.05, 0) is 37.1 Å². The normalized spacial score (nSPS) is 15.0. The first-order valence-electron chi connectivity index (χ1n) is 9.07. The first-order valence-corrected chi connectivity index (χ1v) is 9.07. The van der Waals surface area contributed by atoms with Crippen molar-refractivity contribution in [3.63, 3.8) is 0 Å². The molecule has 2 aromatic rings. The molecular formula is C21H24F2N2O2. The quantitative estimate of drug-likeness (QED) is 0.872. The fourth-order valence-electron chi connectivity index (χ4n) is 3.41. The number of ether oxygens (including phenoxy) is 1. The Bertz CT molecular complexity index is 813. The Morgan fingerprint density at radius 2 is 1.81 bits per heavy atom. The molecule has 0 bridgehead atoms. The van der Waals surface area contributed by atoms with Crippen LogP contribution in [0, 0.1) is 25.5 Å². The third-order valence-corrected chi connectivity index (χ3v) is 4.73. The number of aryl methyl sites for hydroxylation is 2. The minimum atomic E-state index is -0.584. The molecule has 1 saturated heterocycles. The van der Waals surface area contributed by atoms with E-state index in [1.807, 2.05) is 30.9 Å². The van der Waals surface area contributed by atoms with Crippen LogP contribution in [-0.4, -0.2) is 43.7 Å². The number of carbonyl (C=O) groups is 1. The molecule has 1 fully saturated rings. The highest BCUT2D eigenvalue weighted by atomic mass is 19.1. The van der Waals surface area contributed by atoms with Gasteiger partial charge in [0.25, 0.3) is 0 Å². The molecule has 0 unspecified atom stereocenters. The van der Waals surface area contributed by atoms with Gasteiger partial charge in [0, 0.05) is 30.8 Å². The van der Waals surface area contributed by atoms with Crippen molar-refractivity contribution in [2.24, 2.45) is 0 Å². The van der Waals surface area contributed by atoms with Gasteiger partial charge in [-0.25, -0.2) is 8.78 Å². The molecular weight excluding hydrogens is 350 g/mol. The molecule has 1 aliphatic rings. The lowest BCUT2D eigenvalue weighted by atomic mass is 9.97. The molecule has 1 N–H and O–H groups in total. The van der Waals surface area contributed by atoms with Crippen LogP contribution in [0.15, 0.2) is 30.3 Å². The van der Waals surface area contributed by atoms with Crippen LogP contribution < -0.4 is 5.32 Å². The molecule has 27 heavy (non-hydrogen) atoms. The lowest BCUT2D eigenvalue weighted by Crippen LogP contribution is -2.41. The van der Waals surface area contributed by atoms with Gasteiger partial charge in [0.15, 0.2) is 0 Å². The van der Waals surface area contributed by atoms with Crippen molar-refractivity contribution < 1.29 is 18.3 Å². The first kappa shape index (κ1) is 19.5. The third-order valence-electron chi connectivity index (χ3n) is 4.73. The van der Waals surface area contributed by atoms with Crippen molar-refractivity contribution in [3.05, 3.63) is 64.2 Å². The Balaban J connectivity index is 1.83. The van der Waals surface area contributed by atoms with Gasteiger partial charge in [-0.1, -0.05) is 23.8 Å². The summed E-state index contributed by atoms with van der Waals surface area (Å²) in [5.74, 6) is -1.31. The Hall–Kier alpha value is -2.31. The third kappa shape index (κ3) is 4.90. The van der Waals surface area contributed by atoms with E-state index in [2.05, 4.69) is 5.32 Å². The summed E-state index contributed by atoms with van der Waals surface area (Å²) in [7, 11) is 0. The van der Waals surface area contributed by atoms with Crippen LogP contribution in [0.5, 0.6) is 0 Å². The predicted octanol–water partition coefficient (Wildman–Crippen LogP) is 3.44. The molecule has 0 aliphatic carbocycles. The van der Waals surface area contributed by atoms with E-state index in [0.717, 1.165) is 11.1 Å². The van der Waals surface area contributed by atoms with E-state index >= 15 is 0 Å². The summed E-state index contributed by atoms with van der Waals surface area (Å²) in [4.78, 5) is 14.5. The molecule has 0 saturated carbocycles. The molecule has 2 aromatic carbocycles. The lowest BCUT2D eigenvalue weighted by molar-refractivity contribution is -0.118. The molecule has 144 valence electrons. The molecule has 6 heteroatoms. The van der Waals surface area contributed by atoms with Crippen molar-refractivity contribution in [2.45, 2.75) is 20.3 Å². The molecule has 0 spiro atoms. The fourth-order valence-corrected chi connectivity index (χ4v) is 3.41. The second-order valence-corrected chi connectivity index (χ2v) is 6.93. The topological polar surface area (TPSA) is 41.6 Å². The standard InChI is InChI=1S/C21H24F2N2O2/c1-14-10-15(2)21(24-20(26)13-25-6-8-27-9-7-25)16(11-14)12-17-18(22)4-3-5-19(17)23/h3-5,10-11H,6-9,12-13H2,1-2H3,(H,24,26). The summed E-state index contributed by atoms with van der Waals surface area (Å²) in [6.45, 7) is 6.75. The molecule has 0 atom stereocenters. The van der Waals surface area contributed by atoms with Gasteiger partial charge in [-0.15, -0.1) is 0 Å². The number of hydrogen-bond acceptors (Lipinski definition) is 3. The Kier molecular flexibility index (Phi) is 6.19. The highest BCUT2D eigenvalue weighted by Crippen LogP contribution is 2.27. The van der Waals surface area contributed by atoms with Gasteiger partial charge < -0.3 is 10.1 Å². The summed E-state index contributed by atoms with van der Waals surface area (Å²) in [5.41, 5.74) is 3.18. The number of anilines is 1. The molecule has 1 heterocycles. The zero-order valence-electron chi connectivity index (χ0n) is 15.6. The zero-order chi connectivity index (χ0) is 19.4. The maximum absolute atomic E-state index is 14.1. The average molecular weight is 374 g/mol. The fraction of sp³-hybridized carbons (Fsp3) is 0.381. The summed E-state index contributed by atoms with van der Waals surface area (Å²) in [5, 5.41) is 2.95. The highest BCUT2D eigenvalue weighted by Gasteiger charge is 2.18. The van der Waals surface area contributed by atoms with Crippen molar-refractivity contribution in [1.82, 2.24) is 4.90 Å². The van der Waals surface area contributed by atoms with Gasteiger partial charge in [-0.3, -0.25) is 9.69 Å². The number of halogens is 2.